The molecule has 0 radical (unpaired) electrons. The lowest BCUT2D eigenvalue weighted by molar-refractivity contribution is 0.102. The number of aryl methyl sites for hydroxylation is 1. The lowest BCUT2D eigenvalue weighted by Crippen LogP contribution is -2.12. The quantitative estimate of drug-likeness (QED) is 0.775. The third-order valence-corrected chi connectivity index (χ3v) is 3.91. The Morgan fingerprint density at radius 2 is 1.90 bits per heavy atom. The number of anilines is 1. The summed E-state index contributed by atoms with van der Waals surface area (Å²) in [6, 6.07) is 7.84. The molecule has 0 fully saturated rings. The smallest absolute Gasteiger partial charge is 0.259 e. The standard InChI is InChI=1S/C14H10BrCl2NO2/c1-7-4-11(17)12(6-10(7)16)18-14(20)9-5-8(15)2-3-13(9)19/h2-6,19H,1H3,(H,18,20). The summed E-state index contributed by atoms with van der Waals surface area (Å²) in [4.78, 5) is 12.1. The lowest BCUT2D eigenvalue weighted by Gasteiger charge is -2.10. The number of aromatic hydroxyl groups is 1. The van der Waals surface area contributed by atoms with Crippen LogP contribution in [0.25, 0.3) is 0 Å². The van der Waals surface area contributed by atoms with E-state index in [0.717, 1.165) is 5.56 Å². The van der Waals surface area contributed by atoms with Gasteiger partial charge in [-0.05, 0) is 42.8 Å². The van der Waals surface area contributed by atoms with Gasteiger partial charge in [0, 0.05) is 9.50 Å². The molecule has 0 aliphatic rings. The van der Waals surface area contributed by atoms with Crippen LogP contribution in [0, 0.1) is 6.92 Å². The molecule has 2 aromatic carbocycles. The van der Waals surface area contributed by atoms with Crippen molar-refractivity contribution >= 4 is 50.7 Å². The first kappa shape index (κ1) is 15.2. The van der Waals surface area contributed by atoms with Crippen molar-refractivity contribution in [1.82, 2.24) is 0 Å². The number of nitrogens with one attached hydrogen (secondary N) is 1. The summed E-state index contributed by atoms with van der Waals surface area (Å²) in [7, 11) is 0. The number of carbonyl (C=O) groups is 1. The van der Waals surface area contributed by atoms with Crippen molar-refractivity contribution in [2.75, 3.05) is 5.32 Å². The van der Waals surface area contributed by atoms with E-state index in [4.69, 9.17) is 23.2 Å². The number of amides is 1. The van der Waals surface area contributed by atoms with Crippen LogP contribution in [-0.4, -0.2) is 11.0 Å². The van der Waals surface area contributed by atoms with Gasteiger partial charge in [0.05, 0.1) is 16.3 Å². The van der Waals surface area contributed by atoms with E-state index in [2.05, 4.69) is 21.2 Å². The topological polar surface area (TPSA) is 49.3 Å². The number of carbonyl (C=O) groups excluding carboxylic acids is 1. The molecule has 0 saturated carbocycles. The molecule has 20 heavy (non-hydrogen) atoms. The normalized spacial score (nSPS) is 10.4. The molecule has 2 N–H and O–H groups in total. The van der Waals surface area contributed by atoms with Crippen molar-refractivity contribution in [2.45, 2.75) is 6.92 Å². The van der Waals surface area contributed by atoms with Gasteiger partial charge in [0.15, 0.2) is 0 Å². The number of phenolic OH excluding ortho intramolecular Hbond substituents is 1. The van der Waals surface area contributed by atoms with Crippen LogP contribution in [0.15, 0.2) is 34.8 Å². The minimum Gasteiger partial charge on any atom is -0.507 e. The number of hydrogen-bond acceptors (Lipinski definition) is 2. The van der Waals surface area contributed by atoms with Gasteiger partial charge < -0.3 is 10.4 Å². The van der Waals surface area contributed by atoms with Crippen LogP contribution in [0.4, 0.5) is 5.69 Å². The molecule has 0 saturated heterocycles. The zero-order valence-corrected chi connectivity index (χ0v) is 13.5. The van der Waals surface area contributed by atoms with Crippen LogP contribution < -0.4 is 5.32 Å². The molecule has 0 aliphatic heterocycles. The predicted octanol–water partition coefficient (Wildman–Crippen LogP) is 5.02. The summed E-state index contributed by atoms with van der Waals surface area (Å²) >= 11 is 15.3. The second-order valence-corrected chi connectivity index (χ2v) is 5.93. The van der Waals surface area contributed by atoms with Crippen LogP contribution in [0.3, 0.4) is 0 Å². The van der Waals surface area contributed by atoms with E-state index >= 15 is 0 Å². The second-order valence-electron chi connectivity index (χ2n) is 4.20. The summed E-state index contributed by atoms with van der Waals surface area (Å²) < 4.78 is 0.688. The van der Waals surface area contributed by atoms with Gasteiger partial charge in [-0.2, -0.15) is 0 Å². The highest BCUT2D eigenvalue weighted by Gasteiger charge is 2.14. The largest absolute Gasteiger partial charge is 0.507 e. The third-order valence-electron chi connectivity index (χ3n) is 2.70. The SMILES string of the molecule is Cc1cc(Cl)c(NC(=O)c2cc(Br)ccc2O)cc1Cl. The maximum absolute atomic E-state index is 12.1. The molecule has 0 heterocycles. The molecular formula is C14H10BrCl2NO2. The monoisotopic (exact) mass is 373 g/mol. The van der Waals surface area contributed by atoms with Crippen molar-refractivity contribution in [3.8, 4) is 5.75 Å². The van der Waals surface area contributed by atoms with E-state index in [-0.39, 0.29) is 11.3 Å². The van der Waals surface area contributed by atoms with Gasteiger partial charge in [0.25, 0.3) is 5.91 Å². The van der Waals surface area contributed by atoms with Gasteiger partial charge >= 0.3 is 0 Å². The maximum Gasteiger partial charge on any atom is 0.259 e. The highest BCUT2D eigenvalue weighted by molar-refractivity contribution is 9.10. The summed E-state index contributed by atoms with van der Waals surface area (Å²) in [5.74, 6) is -0.578. The van der Waals surface area contributed by atoms with Crippen molar-refractivity contribution < 1.29 is 9.90 Å². The van der Waals surface area contributed by atoms with Crippen LogP contribution in [-0.2, 0) is 0 Å². The minimum absolute atomic E-state index is 0.111. The fourth-order valence-corrected chi connectivity index (χ4v) is 2.41. The summed E-state index contributed by atoms with van der Waals surface area (Å²) in [5, 5.41) is 13.2. The fraction of sp³-hybridized carbons (Fsp3) is 0.0714. The van der Waals surface area contributed by atoms with Crippen molar-refractivity contribution in [3.63, 3.8) is 0 Å². The average molecular weight is 375 g/mol. The van der Waals surface area contributed by atoms with Crippen molar-refractivity contribution in [3.05, 3.63) is 56.0 Å². The molecule has 0 atom stereocenters. The summed E-state index contributed by atoms with van der Waals surface area (Å²) in [6.07, 6.45) is 0. The third kappa shape index (κ3) is 3.26. The van der Waals surface area contributed by atoms with Crippen LogP contribution in [0.2, 0.25) is 10.0 Å². The zero-order chi connectivity index (χ0) is 14.9. The van der Waals surface area contributed by atoms with Gasteiger partial charge in [-0.3, -0.25) is 4.79 Å². The van der Waals surface area contributed by atoms with Gasteiger partial charge in [0.2, 0.25) is 0 Å². The van der Waals surface area contributed by atoms with Crippen molar-refractivity contribution in [1.29, 1.82) is 0 Å². The first-order valence-corrected chi connectivity index (χ1v) is 7.19. The molecular weight excluding hydrogens is 365 g/mol. The Balaban J connectivity index is 2.32. The van der Waals surface area contributed by atoms with Crippen LogP contribution in [0.5, 0.6) is 5.75 Å². The zero-order valence-electron chi connectivity index (χ0n) is 10.4. The molecule has 3 nitrogen and oxygen atoms in total. The van der Waals surface area contributed by atoms with E-state index in [1.165, 1.54) is 12.1 Å². The molecule has 0 aliphatic carbocycles. The Morgan fingerprint density at radius 3 is 2.60 bits per heavy atom. The number of phenols is 1. The highest BCUT2D eigenvalue weighted by Crippen LogP contribution is 2.30. The lowest BCUT2D eigenvalue weighted by atomic mass is 10.1. The molecule has 104 valence electrons. The van der Waals surface area contributed by atoms with Gasteiger partial charge in [0.1, 0.15) is 5.75 Å². The Kier molecular flexibility index (Phi) is 4.58. The number of hydrogen-bond donors (Lipinski definition) is 2. The first-order chi connectivity index (χ1) is 9.38. The predicted molar refractivity (Wildman–Crippen MR) is 85.0 cm³/mol. The average Bonchev–Trinajstić information content (AvgIpc) is 2.38. The Bertz CT molecular complexity index is 689. The van der Waals surface area contributed by atoms with Crippen LogP contribution >= 0.6 is 39.1 Å². The van der Waals surface area contributed by atoms with Gasteiger partial charge in [-0.1, -0.05) is 39.1 Å². The fourth-order valence-electron chi connectivity index (χ4n) is 1.62. The van der Waals surface area contributed by atoms with E-state index in [1.807, 2.05) is 6.92 Å². The molecule has 6 heteroatoms. The number of rotatable bonds is 2. The van der Waals surface area contributed by atoms with Gasteiger partial charge in [-0.15, -0.1) is 0 Å². The van der Waals surface area contributed by atoms with E-state index < -0.39 is 5.91 Å². The summed E-state index contributed by atoms with van der Waals surface area (Å²) in [6.45, 7) is 1.82. The van der Waals surface area contributed by atoms with Crippen LogP contribution in [0.1, 0.15) is 15.9 Å². The molecule has 0 spiro atoms. The molecule has 0 bridgehead atoms. The maximum atomic E-state index is 12.1. The molecule has 2 aromatic rings. The highest BCUT2D eigenvalue weighted by atomic mass is 79.9. The molecule has 2 rings (SSSR count). The Morgan fingerprint density at radius 1 is 1.20 bits per heavy atom. The number of halogens is 3. The van der Waals surface area contributed by atoms with Crippen molar-refractivity contribution in [2.24, 2.45) is 0 Å². The summed E-state index contributed by atoms with van der Waals surface area (Å²) in [5.41, 5.74) is 1.36. The van der Waals surface area contributed by atoms with E-state index in [1.54, 1.807) is 18.2 Å². The first-order valence-electron chi connectivity index (χ1n) is 5.64. The van der Waals surface area contributed by atoms with E-state index in [9.17, 15) is 9.90 Å². The van der Waals surface area contributed by atoms with Gasteiger partial charge in [-0.25, -0.2) is 0 Å². The Hall–Kier alpha value is -1.23. The Labute approximate surface area is 134 Å². The molecule has 0 aromatic heterocycles. The second kappa shape index (κ2) is 6.04. The number of benzene rings is 2. The molecule has 0 unspecified atom stereocenters. The molecule has 1 amide bonds. The minimum atomic E-state index is -0.467. The van der Waals surface area contributed by atoms with E-state index in [0.29, 0.717) is 20.2 Å².